The number of nitrogens with zero attached hydrogens (tertiary/aromatic N) is 2. The van der Waals surface area contributed by atoms with Gasteiger partial charge in [-0.1, -0.05) is 38.5 Å². The zero-order chi connectivity index (χ0) is 16.4. The summed E-state index contributed by atoms with van der Waals surface area (Å²) in [6.07, 6.45) is 3.95. The fourth-order valence-electron chi connectivity index (χ4n) is 2.92. The maximum atomic E-state index is 12.9. The van der Waals surface area contributed by atoms with Crippen LogP contribution in [0.3, 0.4) is 0 Å². The van der Waals surface area contributed by atoms with E-state index < -0.39 is 6.04 Å². The molecule has 0 bridgehead atoms. The van der Waals surface area contributed by atoms with Gasteiger partial charge in [-0.2, -0.15) is 0 Å². The number of carbonyl (C=O) groups is 2. The van der Waals surface area contributed by atoms with E-state index in [2.05, 4.69) is 15.3 Å². The normalized spacial score (nSPS) is 18.8. The molecule has 1 aromatic heterocycles. The van der Waals surface area contributed by atoms with E-state index in [0.29, 0.717) is 6.54 Å². The zero-order valence-electron chi connectivity index (χ0n) is 13.2. The number of nitrogens with one attached hydrogen (secondary N) is 2. The Morgan fingerprint density at radius 2 is 2.22 bits per heavy atom. The van der Waals surface area contributed by atoms with Crippen molar-refractivity contribution in [2.24, 2.45) is 5.92 Å². The standard InChI is InChI=1S/C17H20N4O2/c1-3-11(2)14-16(22)20-13-7-5-4-6-12(13)10-21(14)17(23)15-18-8-9-19-15/h4-9,11,14H,3,10H2,1-2H3,(H,18,19)(H,20,22). The molecule has 3 rings (SSSR count). The zero-order valence-corrected chi connectivity index (χ0v) is 13.2. The van der Waals surface area contributed by atoms with Crippen LogP contribution in [0.2, 0.25) is 0 Å². The van der Waals surface area contributed by atoms with Crippen LogP contribution in [0.5, 0.6) is 0 Å². The van der Waals surface area contributed by atoms with Crippen LogP contribution in [-0.2, 0) is 11.3 Å². The summed E-state index contributed by atoms with van der Waals surface area (Å²) in [5.41, 5.74) is 1.69. The maximum absolute atomic E-state index is 12.9. The lowest BCUT2D eigenvalue weighted by molar-refractivity contribution is -0.122. The van der Waals surface area contributed by atoms with E-state index in [-0.39, 0.29) is 23.6 Å². The van der Waals surface area contributed by atoms with Gasteiger partial charge in [-0.25, -0.2) is 4.98 Å². The smallest absolute Gasteiger partial charge is 0.290 e. The van der Waals surface area contributed by atoms with Crippen molar-refractivity contribution >= 4 is 17.5 Å². The first-order chi connectivity index (χ1) is 11.1. The van der Waals surface area contributed by atoms with Crippen molar-refractivity contribution < 1.29 is 9.59 Å². The molecule has 0 fully saturated rings. The molecular formula is C17H20N4O2. The Morgan fingerprint density at radius 3 is 2.91 bits per heavy atom. The third kappa shape index (κ3) is 2.84. The molecule has 0 saturated carbocycles. The van der Waals surface area contributed by atoms with Gasteiger partial charge in [0.25, 0.3) is 5.91 Å². The number of hydrogen-bond donors (Lipinski definition) is 2. The van der Waals surface area contributed by atoms with Crippen LogP contribution in [0.1, 0.15) is 36.5 Å². The van der Waals surface area contributed by atoms with Gasteiger partial charge in [-0.3, -0.25) is 9.59 Å². The van der Waals surface area contributed by atoms with Crippen LogP contribution in [0.25, 0.3) is 0 Å². The molecule has 2 amide bonds. The van der Waals surface area contributed by atoms with Crippen molar-refractivity contribution in [2.75, 3.05) is 5.32 Å². The Morgan fingerprint density at radius 1 is 1.43 bits per heavy atom. The lowest BCUT2D eigenvalue weighted by Crippen LogP contribution is -2.49. The van der Waals surface area contributed by atoms with Crippen LogP contribution >= 0.6 is 0 Å². The quantitative estimate of drug-likeness (QED) is 0.913. The third-order valence-corrected chi connectivity index (χ3v) is 4.36. The lowest BCUT2D eigenvalue weighted by Gasteiger charge is -2.31. The van der Waals surface area contributed by atoms with E-state index in [1.54, 1.807) is 11.1 Å². The van der Waals surface area contributed by atoms with Gasteiger partial charge in [-0.05, 0) is 17.5 Å². The molecule has 1 aliphatic rings. The van der Waals surface area contributed by atoms with E-state index >= 15 is 0 Å². The predicted octanol–water partition coefficient (Wildman–Crippen LogP) is 2.42. The number of rotatable bonds is 3. The Kier molecular flexibility index (Phi) is 4.14. The van der Waals surface area contributed by atoms with Crippen molar-refractivity contribution in [1.82, 2.24) is 14.9 Å². The summed E-state index contributed by atoms with van der Waals surface area (Å²) in [5.74, 6) is -0.106. The average molecular weight is 312 g/mol. The summed E-state index contributed by atoms with van der Waals surface area (Å²) >= 11 is 0. The molecule has 2 unspecified atom stereocenters. The Bertz CT molecular complexity index is 711. The molecule has 120 valence electrons. The molecule has 0 radical (unpaired) electrons. The highest BCUT2D eigenvalue weighted by Gasteiger charge is 2.37. The van der Waals surface area contributed by atoms with Crippen molar-refractivity contribution in [3.63, 3.8) is 0 Å². The topological polar surface area (TPSA) is 78.1 Å². The maximum Gasteiger partial charge on any atom is 0.290 e. The number of hydrogen-bond acceptors (Lipinski definition) is 3. The minimum atomic E-state index is -0.523. The first-order valence-corrected chi connectivity index (χ1v) is 7.81. The van der Waals surface area contributed by atoms with E-state index in [0.717, 1.165) is 17.7 Å². The van der Waals surface area contributed by atoms with E-state index in [9.17, 15) is 9.59 Å². The summed E-state index contributed by atoms with van der Waals surface area (Å²) < 4.78 is 0. The first-order valence-electron chi connectivity index (χ1n) is 7.81. The van der Waals surface area contributed by atoms with Crippen LogP contribution < -0.4 is 5.32 Å². The molecule has 6 heteroatoms. The highest BCUT2D eigenvalue weighted by Crippen LogP contribution is 2.27. The number of H-pyrrole nitrogens is 1. The molecule has 1 aromatic carbocycles. The highest BCUT2D eigenvalue weighted by molar-refractivity contribution is 6.01. The number of fused-ring (bicyclic) bond motifs is 1. The second kappa shape index (κ2) is 6.24. The fourth-order valence-corrected chi connectivity index (χ4v) is 2.92. The van der Waals surface area contributed by atoms with Crippen LogP contribution in [0, 0.1) is 5.92 Å². The molecule has 2 aromatic rings. The van der Waals surface area contributed by atoms with Crippen LogP contribution in [-0.4, -0.2) is 32.7 Å². The van der Waals surface area contributed by atoms with Gasteiger partial charge in [0.2, 0.25) is 5.91 Å². The largest absolute Gasteiger partial charge is 0.341 e. The highest BCUT2D eigenvalue weighted by atomic mass is 16.2. The lowest BCUT2D eigenvalue weighted by atomic mass is 9.96. The first kappa shape index (κ1) is 15.3. The molecule has 23 heavy (non-hydrogen) atoms. The number of benzene rings is 1. The summed E-state index contributed by atoms with van der Waals surface area (Å²) in [6, 6.07) is 7.05. The van der Waals surface area contributed by atoms with Crippen molar-refractivity contribution in [3.05, 3.63) is 48.0 Å². The van der Waals surface area contributed by atoms with Gasteiger partial charge < -0.3 is 15.2 Å². The summed E-state index contributed by atoms with van der Waals surface area (Å²) in [6.45, 7) is 4.39. The average Bonchev–Trinajstić information content (AvgIpc) is 3.04. The monoisotopic (exact) mass is 312 g/mol. The number of aromatic amines is 1. The number of carbonyl (C=O) groups excluding carboxylic acids is 2. The van der Waals surface area contributed by atoms with Gasteiger partial charge in [-0.15, -0.1) is 0 Å². The van der Waals surface area contributed by atoms with Crippen molar-refractivity contribution in [3.8, 4) is 0 Å². The summed E-state index contributed by atoms with van der Waals surface area (Å²) in [7, 11) is 0. The minimum absolute atomic E-state index is 0.0447. The molecule has 1 aliphatic heterocycles. The summed E-state index contributed by atoms with van der Waals surface area (Å²) in [5, 5.41) is 2.95. The molecule has 2 N–H and O–H groups in total. The third-order valence-electron chi connectivity index (χ3n) is 4.36. The molecule has 6 nitrogen and oxygen atoms in total. The SMILES string of the molecule is CCC(C)C1C(=O)Nc2ccccc2CN1C(=O)c1ncc[nH]1. The molecule has 2 atom stereocenters. The van der Waals surface area contributed by atoms with E-state index in [4.69, 9.17) is 0 Å². The minimum Gasteiger partial charge on any atom is -0.341 e. The summed E-state index contributed by atoms with van der Waals surface area (Å²) in [4.78, 5) is 34.1. The molecule has 0 spiro atoms. The second-order valence-corrected chi connectivity index (χ2v) is 5.85. The Labute approximate surface area is 134 Å². The number of aromatic nitrogens is 2. The van der Waals surface area contributed by atoms with Gasteiger partial charge in [0, 0.05) is 24.6 Å². The van der Waals surface area contributed by atoms with Gasteiger partial charge in [0.15, 0.2) is 5.82 Å². The van der Waals surface area contributed by atoms with Gasteiger partial charge in [0.05, 0.1) is 0 Å². The number of para-hydroxylation sites is 1. The fraction of sp³-hybridized carbons (Fsp3) is 0.353. The number of amides is 2. The predicted molar refractivity (Wildman–Crippen MR) is 86.8 cm³/mol. The molecule has 0 aliphatic carbocycles. The number of imidazole rings is 1. The van der Waals surface area contributed by atoms with E-state index in [1.807, 2.05) is 38.1 Å². The molecule has 2 heterocycles. The van der Waals surface area contributed by atoms with Gasteiger partial charge in [0.1, 0.15) is 6.04 Å². The number of anilines is 1. The van der Waals surface area contributed by atoms with Crippen LogP contribution in [0.15, 0.2) is 36.7 Å². The van der Waals surface area contributed by atoms with E-state index in [1.165, 1.54) is 6.20 Å². The Balaban J connectivity index is 2.03. The van der Waals surface area contributed by atoms with Crippen LogP contribution in [0.4, 0.5) is 5.69 Å². The van der Waals surface area contributed by atoms with Crippen molar-refractivity contribution in [1.29, 1.82) is 0 Å². The molecular weight excluding hydrogens is 292 g/mol. The Hall–Kier alpha value is -2.63. The van der Waals surface area contributed by atoms with Gasteiger partial charge >= 0.3 is 0 Å². The van der Waals surface area contributed by atoms with Crippen molar-refractivity contribution in [2.45, 2.75) is 32.9 Å². The second-order valence-electron chi connectivity index (χ2n) is 5.85. The molecule has 0 saturated heterocycles.